The van der Waals surface area contributed by atoms with Crippen LogP contribution in [0.25, 0.3) is 11.1 Å². The predicted molar refractivity (Wildman–Crippen MR) is 189 cm³/mol. The van der Waals surface area contributed by atoms with Gasteiger partial charge in [0.1, 0.15) is 0 Å². The quantitative estimate of drug-likeness (QED) is 0.253. The van der Waals surface area contributed by atoms with Crippen molar-refractivity contribution in [3.8, 4) is 11.1 Å². The van der Waals surface area contributed by atoms with Crippen LogP contribution in [0.4, 0.5) is 0 Å². The van der Waals surface area contributed by atoms with Crippen molar-refractivity contribution < 1.29 is 46.1 Å². The zero-order chi connectivity index (χ0) is 31.6. The second-order valence-electron chi connectivity index (χ2n) is 15.4. The number of hydrogen-bond acceptors (Lipinski definition) is 0. The molecule has 0 heterocycles. The Labute approximate surface area is 298 Å². The first-order valence-corrected chi connectivity index (χ1v) is 20.2. The van der Waals surface area contributed by atoms with Gasteiger partial charge in [-0.15, -0.1) is 0 Å². The van der Waals surface area contributed by atoms with Crippen LogP contribution in [0, 0.1) is 13.8 Å². The average molecular weight is 727 g/mol. The third-order valence-corrected chi connectivity index (χ3v) is 18.2. The van der Waals surface area contributed by atoms with Crippen molar-refractivity contribution in [1.29, 1.82) is 0 Å². The minimum atomic E-state index is -2.81. The van der Waals surface area contributed by atoms with Crippen LogP contribution in [0.15, 0.2) is 102 Å². The van der Waals surface area contributed by atoms with Crippen LogP contribution < -0.4 is 28.1 Å². The molecule has 0 saturated carbocycles. The summed E-state index contributed by atoms with van der Waals surface area (Å²) in [5.41, 5.74) is 17.6. The molecular formula is C43H48Cl2Zr. The molecule has 0 amide bonds. The SMILES string of the molecule is CC1=C[CH]([Zr+2](=[C](c2ccc(C)cc2)c2ccc(C)cc2)[c]2c(C(C)(C)C)ccc3c2Cc2cc(C(C)(C)C)ccc2-3)C(C)=C1.[Cl-].[Cl-]. The molecule has 2 aliphatic rings. The number of hydrogen-bond donors (Lipinski definition) is 0. The van der Waals surface area contributed by atoms with Crippen LogP contribution in [0.5, 0.6) is 0 Å². The van der Waals surface area contributed by atoms with Crippen LogP contribution in [0.3, 0.4) is 0 Å². The third-order valence-electron chi connectivity index (χ3n) is 9.66. The fraction of sp³-hybridized carbons (Fsp3) is 0.326. The van der Waals surface area contributed by atoms with E-state index in [4.69, 9.17) is 0 Å². The Morgan fingerprint density at radius 3 is 1.67 bits per heavy atom. The van der Waals surface area contributed by atoms with Gasteiger partial charge in [0.2, 0.25) is 0 Å². The number of fused-ring (bicyclic) bond motifs is 3. The molecule has 0 fully saturated rings. The van der Waals surface area contributed by atoms with Gasteiger partial charge in [-0.2, -0.15) is 0 Å². The summed E-state index contributed by atoms with van der Waals surface area (Å²) in [6.45, 7) is 23.4. The van der Waals surface area contributed by atoms with Gasteiger partial charge in [-0.25, -0.2) is 0 Å². The molecule has 0 bridgehead atoms. The predicted octanol–water partition coefficient (Wildman–Crippen LogP) is 4.68. The summed E-state index contributed by atoms with van der Waals surface area (Å²) in [7, 11) is 0. The van der Waals surface area contributed by atoms with Gasteiger partial charge >= 0.3 is 276 Å². The number of aryl methyl sites for hydroxylation is 2. The molecule has 6 rings (SSSR count). The number of benzene rings is 4. The second-order valence-corrected chi connectivity index (χ2v) is 21.4. The Balaban J connectivity index is 0.00000240. The maximum Gasteiger partial charge on any atom is -1.00 e. The summed E-state index contributed by atoms with van der Waals surface area (Å²) < 4.78 is 3.84. The number of allylic oxidation sites excluding steroid dienone is 4. The molecule has 0 aliphatic heterocycles. The largest absolute Gasteiger partial charge is 1.00 e. The number of rotatable bonds is 4. The molecule has 1 atom stereocenters. The minimum absolute atomic E-state index is 0. The van der Waals surface area contributed by atoms with E-state index in [0.29, 0.717) is 3.63 Å². The standard InChI is InChI=1S/C21H25.C15H14.C7H9.2ClH.Zr/c1-20(2,3)16-7-9-18-14(12-16)11-15-13-17(21(4,5)6)8-10-19(15)18;1-12-3-7-14(8-4-12)11-15-9-5-13(2)6-10-15;1-6-3-4-7(2)5-6;;;/h7-10,12H,11H2,1-6H3;3-10H,1-2H3;3-5H,1-2H3;2*1H;/q;;;;;+2/p-2. The van der Waals surface area contributed by atoms with Crippen LogP contribution in [-0.2, 0) is 38.5 Å². The van der Waals surface area contributed by atoms with E-state index in [0.717, 1.165) is 6.42 Å². The zero-order valence-electron chi connectivity index (χ0n) is 29.2. The van der Waals surface area contributed by atoms with Gasteiger partial charge in [-0.05, 0) is 0 Å². The Hall–Kier alpha value is -2.31. The van der Waals surface area contributed by atoms with E-state index >= 15 is 0 Å². The molecular weight excluding hydrogens is 679 g/mol. The minimum Gasteiger partial charge on any atom is -1.00 e. The first kappa shape index (κ1) is 36.5. The topological polar surface area (TPSA) is 0 Å². The van der Waals surface area contributed by atoms with Crippen molar-refractivity contribution in [1.82, 2.24) is 0 Å². The van der Waals surface area contributed by atoms with Crippen LogP contribution in [0.2, 0.25) is 3.63 Å². The van der Waals surface area contributed by atoms with Crippen molar-refractivity contribution >= 4 is 6.48 Å². The summed E-state index contributed by atoms with van der Waals surface area (Å²) in [5.74, 6) is 0. The summed E-state index contributed by atoms with van der Waals surface area (Å²) >= 11 is -2.81. The maximum atomic E-state index is 2.62. The van der Waals surface area contributed by atoms with Crippen molar-refractivity contribution in [3.05, 3.63) is 147 Å². The molecule has 46 heavy (non-hydrogen) atoms. The van der Waals surface area contributed by atoms with Gasteiger partial charge in [0, 0.05) is 0 Å². The van der Waals surface area contributed by atoms with Gasteiger partial charge in [-0.1, -0.05) is 0 Å². The van der Waals surface area contributed by atoms with E-state index in [-0.39, 0.29) is 35.6 Å². The zero-order valence-corrected chi connectivity index (χ0v) is 33.2. The molecule has 0 spiro atoms. The van der Waals surface area contributed by atoms with Crippen LogP contribution in [-0.4, -0.2) is 3.21 Å². The van der Waals surface area contributed by atoms with Gasteiger partial charge in [0.15, 0.2) is 0 Å². The average Bonchev–Trinajstić information content (AvgIpc) is 3.49. The smallest absolute Gasteiger partial charge is 1.00 e. The molecule has 0 N–H and O–H groups in total. The van der Waals surface area contributed by atoms with E-state index in [9.17, 15) is 0 Å². The molecule has 0 nitrogen and oxygen atoms in total. The first-order valence-electron chi connectivity index (χ1n) is 16.3. The normalized spacial score (nSPS) is 15.0. The monoisotopic (exact) mass is 724 g/mol. The molecule has 4 aromatic rings. The summed E-state index contributed by atoms with van der Waals surface area (Å²) in [5, 5.41) is 0. The summed E-state index contributed by atoms with van der Waals surface area (Å²) in [4.78, 5) is 0. The molecule has 0 radical (unpaired) electrons. The van der Waals surface area contributed by atoms with Crippen molar-refractivity contribution in [3.63, 3.8) is 0 Å². The van der Waals surface area contributed by atoms with Gasteiger partial charge in [0.25, 0.3) is 0 Å². The molecule has 2 aliphatic carbocycles. The Bertz CT molecular complexity index is 1810. The fourth-order valence-corrected chi connectivity index (χ4v) is 17.3. The molecule has 4 aromatic carbocycles. The van der Waals surface area contributed by atoms with Gasteiger partial charge in [-0.3, -0.25) is 0 Å². The third kappa shape index (κ3) is 6.95. The van der Waals surface area contributed by atoms with Gasteiger partial charge < -0.3 is 24.8 Å². The maximum absolute atomic E-state index is 2.81. The summed E-state index contributed by atoms with van der Waals surface area (Å²) in [6.07, 6.45) is 6.11. The summed E-state index contributed by atoms with van der Waals surface area (Å²) in [6, 6.07) is 31.1. The number of halogens is 2. The molecule has 0 aromatic heterocycles. The van der Waals surface area contributed by atoms with Gasteiger partial charge in [0.05, 0.1) is 0 Å². The van der Waals surface area contributed by atoms with Crippen molar-refractivity contribution in [2.24, 2.45) is 0 Å². The first-order chi connectivity index (χ1) is 20.7. The molecule has 1 unspecified atom stereocenters. The van der Waals surface area contributed by atoms with E-state index < -0.39 is 21.3 Å². The van der Waals surface area contributed by atoms with E-state index in [1.54, 1.807) is 17.6 Å². The molecule has 3 heteroatoms. The van der Waals surface area contributed by atoms with E-state index in [2.05, 4.69) is 160 Å². The molecule has 238 valence electrons. The second kappa shape index (κ2) is 13.7. The van der Waals surface area contributed by atoms with Crippen LogP contribution >= 0.6 is 0 Å². The fourth-order valence-electron chi connectivity index (χ4n) is 7.23. The van der Waals surface area contributed by atoms with Crippen molar-refractivity contribution in [2.75, 3.05) is 0 Å². The van der Waals surface area contributed by atoms with E-state index in [1.165, 1.54) is 55.7 Å². The molecule has 0 saturated heterocycles. The van der Waals surface area contributed by atoms with E-state index in [1.807, 2.05) is 0 Å². The van der Waals surface area contributed by atoms with Crippen LogP contribution in [0.1, 0.15) is 99.9 Å². The van der Waals surface area contributed by atoms with Crippen molar-refractivity contribution in [2.45, 2.75) is 90.1 Å². The Morgan fingerprint density at radius 1 is 0.652 bits per heavy atom. The Morgan fingerprint density at radius 2 is 1.20 bits per heavy atom. The Kier molecular flexibility index (Phi) is 10.9.